The highest BCUT2D eigenvalue weighted by Crippen LogP contribution is 2.19. The lowest BCUT2D eigenvalue weighted by molar-refractivity contribution is 0.0736. The van der Waals surface area contributed by atoms with E-state index in [9.17, 15) is 9.18 Å². The second-order valence-electron chi connectivity index (χ2n) is 6.18. The number of halogens is 2. The lowest BCUT2D eigenvalue weighted by Gasteiger charge is -2.21. The fourth-order valence-electron chi connectivity index (χ4n) is 2.69. The molecule has 0 unspecified atom stereocenters. The van der Waals surface area contributed by atoms with Gasteiger partial charge in [-0.25, -0.2) is 9.37 Å². The van der Waals surface area contributed by atoms with Gasteiger partial charge in [0, 0.05) is 16.9 Å². The van der Waals surface area contributed by atoms with E-state index in [4.69, 9.17) is 16.3 Å². The van der Waals surface area contributed by atoms with Crippen LogP contribution in [0.3, 0.4) is 0 Å². The van der Waals surface area contributed by atoms with Crippen molar-refractivity contribution in [1.29, 1.82) is 0 Å². The van der Waals surface area contributed by atoms with Gasteiger partial charge in [-0.3, -0.25) is 4.79 Å². The van der Waals surface area contributed by atoms with E-state index in [-0.39, 0.29) is 11.5 Å². The SMILES string of the molecule is CCCN(Cc1csc(COc2ccc(Cl)cc2)n1)C(=O)c1ccccc1F. The number of aromatic nitrogens is 1. The Hall–Kier alpha value is -2.44. The number of rotatable bonds is 8. The molecule has 0 bridgehead atoms. The second kappa shape index (κ2) is 9.66. The second-order valence-corrected chi connectivity index (χ2v) is 7.56. The van der Waals surface area contributed by atoms with Crippen LogP contribution in [0, 0.1) is 5.82 Å². The Balaban J connectivity index is 1.64. The van der Waals surface area contributed by atoms with Gasteiger partial charge >= 0.3 is 0 Å². The zero-order valence-corrected chi connectivity index (χ0v) is 17.0. The summed E-state index contributed by atoms with van der Waals surface area (Å²) in [6, 6.07) is 13.2. The first-order valence-corrected chi connectivity index (χ1v) is 10.2. The lowest BCUT2D eigenvalue weighted by Crippen LogP contribution is -2.32. The Labute approximate surface area is 172 Å². The van der Waals surface area contributed by atoms with Gasteiger partial charge in [0.25, 0.3) is 5.91 Å². The maximum Gasteiger partial charge on any atom is 0.257 e. The average Bonchev–Trinajstić information content (AvgIpc) is 3.14. The Bertz CT molecular complexity index is 930. The number of ether oxygens (including phenoxy) is 1. The van der Waals surface area contributed by atoms with Crippen molar-refractivity contribution in [1.82, 2.24) is 9.88 Å². The minimum Gasteiger partial charge on any atom is -0.486 e. The van der Waals surface area contributed by atoms with Crippen LogP contribution in [0.25, 0.3) is 0 Å². The van der Waals surface area contributed by atoms with Crippen LogP contribution in [-0.4, -0.2) is 22.3 Å². The quantitative estimate of drug-likeness (QED) is 0.480. The zero-order chi connectivity index (χ0) is 19.9. The van der Waals surface area contributed by atoms with Crippen molar-refractivity contribution < 1.29 is 13.9 Å². The molecule has 7 heteroatoms. The van der Waals surface area contributed by atoms with Crippen LogP contribution in [-0.2, 0) is 13.2 Å². The fourth-order valence-corrected chi connectivity index (χ4v) is 3.51. The number of thiazole rings is 1. The third-order valence-electron chi connectivity index (χ3n) is 4.01. The molecule has 0 aliphatic rings. The third kappa shape index (κ3) is 5.30. The molecule has 1 aromatic heterocycles. The van der Waals surface area contributed by atoms with E-state index < -0.39 is 5.82 Å². The molecule has 3 aromatic rings. The summed E-state index contributed by atoms with van der Waals surface area (Å²) in [6.45, 7) is 3.18. The van der Waals surface area contributed by atoms with Crippen molar-refractivity contribution in [3.63, 3.8) is 0 Å². The molecule has 0 saturated carbocycles. The van der Waals surface area contributed by atoms with Gasteiger partial charge < -0.3 is 9.64 Å². The minimum absolute atomic E-state index is 0.0810. The van der Waals surface area contributed by atoms with E-state index in [1.165, 1.54) is 23.5 Å². The Morgan fingerprint density at radius 1 is 1.21 bits per heavy atom. The molecule has 0 aliphatic carbocycles. The largest absolute Gasteiger partial charge is 0.486 e. The molecule has 0 atom stereocenters. The van der Waals surface area contributed by atoms with Crippen LogP contribution in [0.2, 0.25) is 5.02 Å². The number of nitrogens with zero attached hydrogens (tertiary/aromatic N) is 2. The van der Waals surface area contributed by atoms with Gasteiger partial charge in [-0.1, -0.05) is 30.7 Å². The zero-order valence-electron chi connectivity index (χ0n) is 15.4. The summed E-state index contributed by atoms with van der Waals surface area (Å²) in [7, 11) is 0. The summed E-state index contributed by atoms with van der Waals surface area (Å²) in [5.41, 5.74) is 0.843. The fraction of sp³-hybridized carbons (Fsp3) is 0.238. The molecule has 0 spiro atoms. The summed E-state index contributed by atoms with van der Waals surface area (Å²) < 4.78 is 19.7. The minimum atomic E-state index is -0.510. The van der Waals surface area contributed by atoms with E-state index in [0.29, 0.717) is 30.5 Å². The standard InChI is InChI=1S/C21H20ClFN2O2S/c1-2-11-25(21(26)18-5-3-4-6-19(18)23)12-16-14-28-20(24-16)13-27-17-9-7-15(22)8-10-17/h3-10,14H,2,11-13H2,1H3. The highest BCUT2D eigenvalue weighted by atomic mass is 35.5. The van der Waals surface area contributed by atoms with E-state index in [1.54, 1.807) is 41.3 Å². The molecular weight excluding hydrogens is 399 g/mol. The number of hydrogen-bond acceptors (Lipinski definition) is 4. The highest BCUT2D eigenvalue weighted by molar-refractivity contribution is 7.09. The van der Waals surface area contributed by atoms with Gasteiger partial charge in [0.05, 0.1) is 17.8 Å². The van der Waals surface area contributed by atoms with Crippen LogP contribution in [0.1, 0.15) is 34.4 Å². The molecule has 0 radical (unpaired) electrons. The summed E-state index contributed by atoms with van der Waals surface area (Å²) in [6.07, 6.45) is 0.775. The summed E-state index contributed by atoms with van der Waals surface area (Å²) >= 11 is 7.33. The molecule has 0 fully saturated rings. The molecule has 0 N–H and O–H groups in total. The molecule has 0 aliphatic heterocycles. The molecule has 0 saturated heterocycles. The number of carbonyl (C=O) groups is 1. The van der Waals surface area contributed by atoms with Gasteiger partial charge in [0.2, 0.25) is 0 Å². The molecule has 3 rings (SSSR count). The first kappa shape index (κ1) is 20.3. The van der Waals surface area contributed by atoms with Crippen molar-refractivity contribution in [3.8, 4) is 5.75 Å². The average molecular weight is 419 g/mol. The Morgan fingerprint density at radius 3 is 2.68 bits per heavy atom. The van der Waals surface area contributed by atoms with Crippen LogP contribution in [0.5, 0.6) is 5.75 Å². The summed E-state index contributed by atoms with van der Waals surface area (Å²) in [4.78, 5) is 18.9. The number of hydrogen-bond donors (Lipinski definition) is 0. The monoisotopic (exact) mass is 418 g/mol. The lowest BCUT2D eigenvalue weighted by atomic mass is 10.1. The van der Waals surface area contributed by atoms with Crippen molar-refractivity contribution in [3.05, 3.63) is 81.0 Å². The van der Waals surface area contributed by atoms with E-state index in [2.05, 4.69) is 4.98 Å². The highest BCUT2D eigenvalue weighted by Gasteiger charge is 2.19. The van der Waals surface area contributed by atoms with Gasteiger partial charge in [0.1, 0.15) is 23.2 Å². The molecule has 1 amide bonds. The van der Waals surface area contributed by atoms with Gasteiger partial charge in [-0.05, 0) is 42.8 Å². The van der Waals surface area contributed by atoms with E-state index in [0.717, 1.165) is 17.1 Å². The first-order chi connectivity index (χ1) is 13.6. The Morgan fingerprint density at radius 2 is 1.96 bits per heavy atom. The molecule has 1 heterocycles. The van der Waals surface area contributed by atoms with Crippen molar-refractivity contribution in [2.24, 2.45) is 0 Å². The maximum absolute atomic E-state index is 14.0. The van der Waals surface area contributed by atoms with Crippen LogP contribution >= 0.6 is 22.9 Å². The van der Waals surface area contributed by atoms with Crippen LogP contribution in [0.4, 0.5) is 4.39 Å². The summed E-state index contributed by atoms with van der Waals surface area (Å²) in [5, 5.41) is 3.36. The summed E-state index contributed by atoms with van der Waals surface area (Å²) in [5.74, 6) is -0.126. The van der Waals surface area contributed by atoms with Crippen molar-refractivity contribution >= 4 is 28.8 Å². The van der Waals surface area contributed by atoms with Gasteiger partial charge in [-0.2, -0.15) is 0 Å². The topological polar surface area (TPSA) is 42.4 Å². The predicted molar refractivity (Wildman–Crippen MR) is 109 cm³/mol. The van der Waals surface area contributed by atoms with Crippen LogP contribution in [0.15, 0.2) is 53.9 Å². The Kier molecular flexibility index (Phi) is 7.01. The van der Waals surface area contributed by atoms with Gasteiger partial charge in [-0.15, -0.1) is 11.3 Å². The van der Waals surface area contributed by atoms with Crippen molar-refractivity contribution in [2.75, 3.05) is 6.54 Å². The first-order valence-electron chi connectivity index (χ1n) is 8.92. The van der Waals surface area contributed by atoms with Gasteiger partial charge in [0.15, 0.2) is 0 Å². The number of benzene rings is 2. The third-order valence-corrected chi connectivity index (χ3v) is 5.14. The normalized spacial score (nSPS) is 10.7. The smallest absolute Gasteiger partial charge is 0.257 e. The van der Waals surface area contributed by atoms with E-state index >= 15 is 0 Å². The molecule has 2 aromatic carbocycles. The molecule has 28 heavy (non-hydrogen) atoms. The maximum atomic E-state index is 14.0. The van der Waals surface area contributed by atoms with Crippen molar-refractivity contribution in [2.45, 2.75) is 26.5 Å². The number of amides is 1. The molecule has 4 nitrogen and oxygen atoms in total. The van der Waals surface area contributed by atoms with Crippen LogP contribution < -0.4 is 4.74 Å². The number of carbonyl (C=O) groups excluding carboxylic acids is 1. The van der Waals surface area contributed by atoms with E-state index in [1.807, 2.05) is 12.3 Å². The molecule has 146 valence electrons. The molecular formula is C21H20ClFN2O2S. The predicted octanol–water partition coefficient (Wildman–Crippen LogP) is 5.57.